The second-order valence-corrected chi connectivity index (χ2v) is 6.27. The smallest absolute Gasteiger partial charge is 0.250 e. The van der Waals surface area contributed by atoms with Gasteiger partial charge in [-0.05, 0) is 5.56 Å². The van der Waals surface area contributed by atoms with E-state index in [1.807, 2.05) is 30.3 Å². The van der Waals surface area contributed by atoms with E-state index in [-0.39, 0.29) is 10.3 Å². The first-order valence-corrected chi connectivity index (χ1v) is 7.74. The highest BCUT2D eigenvalue weighted by molar-refractivity contribution is 7.90. The Morgan fingerprint density at radius 3 is 2.53 bits per heavy atom. The molecular weight excluding hydrogens is 286 g/mol. The van der Waals surface area contributed by atoms with Crippen LogP contribution in [0, 0.1) is 0 Å². The topological polar surface area (TPSA) is 72.0 Å². The van der Waals surface area contributed by atoms with E-state index in [0.717, 1.165) is 11.8 Å². The summed E-state index contributed by atoms with van der Waals surface area (Å²) in [7, 11) is -3.48. The minimum Gasteiger partial charge on any atom is -0.366 e. The average molecular weight is 298 g/mol. The van der Waals surface area contributed by atoms with E-state index in [0.29, 0.717) is 12.4 Å². The van der Waals surface area contributed by atoms with Crippen molar-refractivity contribution in [3.05, 3.63) is 47.1 Å². The Kier molecular flexibility index (Phi) is 4.01. The second kappa shape index (κ2) is 5.54. The van der Waals surface area contributed by atoms with Crippen molar-refractivity contribution < 1.29 is 8.42 Å². The molecule has 0 radical (unpaired) electrons. The second-order valence-electron chi connectivity index (χ2n) is 3.97. The standard InChI is InChI=1S/C12H12ClN3O2S/c1-19(17,18)12-15-10(13)7-11(16-12)14-8-9-5-3-2-4-6-9/h2-7H,8H2,1H3,(H,14,15,16). The van der Waals surface area contributed by atoms with Crippen molar-refractivity contribution in [3.63, 3.8) is 0 Å². The first-order chi connectivity index (χ1) is 8.95. The lowest BCUT2D eigenvalue weighted by molar-refractivity contribution is 0.593. The fourth-order valence-corrected chi connectivity index (χ4v) is 2.20. The van der Waals surface area contributed by atoms with Gasteiger partial charge in [0.2, 0.25) is 15.0 Å². The third kappa shape index (κ3) is 3.90. The van der Waals surface area contributed by atoms with E-state index in [1.165, 1.54) is 6.07 Å². The molecule has 5 nitrogen and oxygen atoms in total. The molecule has 0 fully saturated rings. The van der Waals surface area contributed by atoms with Crippen molar-refractivity contribution in [3.8, 4) is 0 Å². The zero-order chi connectivity index (χ0) is 13.9. The molecule has 0 saturated heterocycles. The van der Waals surface area contributed by atoms with Gasteiger partial charge in [0.1, 0.15) is 11.0 Å². The quantitative estimate of drug-likeness (QED) is 0.691. The van der Waals surface area contributed by atoms with Crippen LogP contribution in [-0.4, -0.2) is 24.6 Å². The first-order valence-electron chi connectivity index (χ1n) is 5.47. The lowest BCUT2D eigenvalue weighted by Crippen LogP contribution is -2.08. The van der Waals surface area contributed by atoms with Crippen molar-refractivity contribution in [1.82, 2.24) is 9.97 Å². The van der Waals surface area contributed by atoms with Crippen LogP contribution in [0.5, 0.6) is 0 Å². The molecule has 100 valence electrons. The lowest BCUT2D eigenvalue weighted by Gasteiger charge is -2.07. The Balaban J connectivity index is 2.19. The molecular formula is C12H12ClN3O2S. The first kappa shape index (κ1) is 13.8. The van der Waals surface area contributed by atoms with E-state index in [2.05, 4.69) is 15.3 Å². The Morgan fingerprint density at radius 1 is 1.21 bits per heavy atom. The molecule has 0 bridgehead atoms. The summed E-state index contributed by atoms with van der Waals surface area (Å²) in [5, 5.41) is 2.82. The summed E-state index contributed by atoms with van der Waals surface area (Å²) in [5.41, 5.74) is 1.05. The third-order valence-corrected chi connectivity index (χ3v) is 3.36. The number of nitrogens with zero attached hydrogens (tertiary/aromatic N) is 2. The van der Waals surface area contributed by atoms with Crippen LogP contribution in [0.15, 0.2) is 41.6 Å². The summed E-state index contributed by atoms with van der Waals surface area (Å²) in [6.45, 7) is 0.525. The molecule has 0 atom stereocenters. The van der Waals surface area contributed by atoms with Crippen LogP contribution in [0.1, 0.15) is 5.56 Å². The fraction of sp³-hybridized carbons (Fsp3) is 0.167. The van der Waals surface area contributed by atoms with Crippen LogP contribution >= 0.6 is 11.6 Å². The molecule has 0 spiro atoms. The van der Waals surface area contributed by atoms with Gasteiger partial charge in [-0.2, -0.15) is 0 Å². The van der Waals surface area contributed by atoms with Crippen LogP contribution in [0.2, 0.25) is 5.15 Å². The Labute approximate surface area is 116 Å². The maximum absolute atomic E-state index is 11.4. The van der Waals surface area contributed by atoms with E-state index in [9.17, 15) is 8.42 Å². The summed E-state index contributed by atoms with van der Waals surface area (Å²) >= 11 is 5.78. The number of halogens is 1. The van der Waals surface area contributed by atoms with Gasteiger partial charge in [-0.15, -0.1) is 0 Å². The van der Waals surface area contributed by atoms with Gasteiger partial charge in [0, 0.05) is 18.9 Å². The summed E-state index contributed by atoms with van der Waals surface area (Å²) < 4.78 is 22.8. The van der Waals surface area contributed by atoms with Crippen LogP contribution in [0.4, 0.5) is 5.82 Å². The van der Waals surface area contributed by atoms with Crippen LogP contribution < -0.4 is 5.32 Å². The molecule has 0 aliphatic heterocycles. The van der Waals surface area contributed by atoms with Gasteiger partial charge >= 0.3 is 0 Å². The zero-order valence-electron chi connectivity index (χ0n) is 10.2. The molecule has 1 N–H and O–H groups in total. The highest BCUT2D eigenvalue weighted by atomic mass is 35.5. The third-order valence-electron chi connectivity index (χ3n) is 2.32. The predicted molar refractivity (Wildman–Crippen MR) is 73.9 cm³/mol. The molecule has 0 aliphatic carbocycles. The van der Waals surface area contributed by atoms with E-state index >= 15 is 0 Å². The molecule has 1 aromatic carbocycles. The number of aromatic nitrogens is 2. The van der Waals surface area contributed by atoms with Crippen molar-refractivity contribution in [1.29, 1.82) is 0 Å². The van der Waals surface area contributed by atoms with Gasteiger partial charge in [0.05, 0.1) is 0 Å². The maximum atomic E-state index is 11.4. The van der Waals surface area contributed by atoms with Gasteiger partial charge in [-0.3, -0.25) is 0 Å². The van der Waals surface area contributed by atoms with Crippen molar-refractivity contribution in [2.45, 2.75) is 11.7 Å². The predicted octanol–water partition coefficient (Wildman–Crippen LogP) is 2.15. The van der Waals surface area contributed by atoms with Gasteiger partial charge in [-0.1, -0.05) is 41.9 Å². The molecule has 7 heteroatoms. The molecule has 1 aromatic heterocycles. The van der Waals surface area contributed by atoms with E-state index < -0.39 is 9.84 Å². The number of benzene rings is 1. The molecule has 0 saturated carbocycles. The maximum Gasteiger partial charge on any atom is 0.250 e. The lowest BCUT2D eigenvalue weighted by atomic mass is 10.2. The number of hydrogen-bond acceptors (Lipinski definition) is 5. The minimum absolute atomic E-state index is 0.0889. The number of hydrogen-bond donors (Lipinski definition) is 1. The van der Waals surface area contributed by atoms with Crippen LogP contribution in [-0.2, 0) is 16.4 Å². The molecule has 19 heavy (non-hydrogen) atoms. The molecule has 1 heterocycles. The van der Waals surface area contributed by atoms with Gasteiger partial charge < -0.3 is 5.32 Å². The van der Waals surface area contributed by atoms with E-state index in [4.69, 9.17) is 11.6 Å². The Hall–Kier alpha value is -1.66. The van der Waals surface area contributed by atoms with Gasteiger partial charge in [0.15, 0.2) is 0 Å². The fourth-order valence-electron chi connectivity index (χ4n) is 1.44. The molecule has 2 aromatic rings. The molecule has 0 aliphatic rings. The summed E-state index contributed by atoms with van der Waals surface area (Å²) in [5.74, 6) is 0.379. The average Bonchev–Trinajstić information content (AvgIpc) is 2.36. The van der Waals surface area contributed by atoms with E-state index in [1.54, 1.807) is 0 Å². The monoisotopic (exact) mass is 297 g/mol. The van der Waals surface area contributed by atoms with Crippen LogP contribution in [0.3, 0.4) is 0 Å². The summed E-state index contributed by atoms with van der Waals surface area (Å²) in [4.78, 5) is 7.61. The Bertz CT molecular complexity index is 675. The molecule has 0 unspecified atom stereocenters. The number of rotatable bonds is 4. The minimum atomic E-state index is -3.48. The van der Waals surface area contributed by atoms with Gasteiger partial charge in [0.25, 0.3) is 0 Å². The number of sulfone groups is 1. The summed E-state index contributed by atoms with van der Waals surface area (Å²) in [6.07, 6.45) is 1.04. The molecule has 2 rings (SSSR count). The normalized spacial score (nSPS) is 11.3. The molecule has 0 amide bonds. The SMILES string of the molecule is CS(=O)(=O)c1nc(Cl)cc(NCc2ccccc2)n1. The van der Waals surface area contributed by atoms with Crippen LogP contribution in [0.25, 0.3) is 0 Å². The Morgan fingerprint density at radius 2 is 1.89 bits per heavy atom. The van der Waals surface area contributed by atoms with Gasteiger partial charge in [-0.25, -0.2) is 18.4 Å². The van der Waals surface area contributed by atoms with Crippen molar-refractivity contribution in [2.75, 3.05) is 11.6 Å². The van der Waals surface area contributed by atoms with Crippen molar-refractivity contribution >= 4 is 27.3 Å². The summed E-state index contributed by atoms with van der Waals surface area (Å²) in [6, 6.07) is 11.2. The van der Waals surface area contributed by atoms with Crippen molar-refractivity contribution in [2.24, 2.45) is 0 Å². The number of anilines is 1. The highest BCUT2D eigenvalue weighted by Gasteiger charge is 2.13. The highest BCUT2D eigenvalue weighted by Crippen LogP contribution is 2.15. The number of nitrogens with one attached hydrogen (secondary N) is 1. The zero-order valence-corrected chi connectivity index (χ0v) is 11.7. The largest absolute Gasteiger partial charge is 0.366 e.